The molecule has 0 heterocycles. The molecule has 0 aromatic heterocycles. The van der Waals surface area contributed by atoms with Gasteiger partial charge in [0.05, 0.1) is 0 Å². The molecule has 1 aliphatic rings. The molecule has 0 unspecified atom stereocenters. The molecular formula is C28H34N2O. The summed E-state index contributed by atoms with van der Waals surface area (Å²) in [5.74, 6) is -0.375. The lowest BCUT2D eigenvalue weighted by atomic mass is 9.93. The van der Waals surface area contributed by atoms with Crippen LogP contribution in [0.15, 0.2) is 84.9 Å². The molecule has 1 amide bonds. The highest BCUT2D eigenvalue weighted by atomic mass is 16.1. The van der Waals surface area contributed by atoms with E-state index in [1.54, 1.807) is 12.1 Å². The molecule has 0 bridgehead atoms. The maximum absolute atomic E-state index is 10.5. The largest absolute Gasteiger partial charge is 0.366 e. The number of hydrogen-bond donors (Lipinski definition) is 1. The summed E-state index contributed by atoms with van der Waals surface area (Å²) in [7, 11) is 0. The van der Waals surface area contributed by atoms with Gasteiger partial charge in [-0.1, -0.05) is 97.6 Å². The van der Waals surface area contributed by atoms with Crippen LogP contribution >= 0.6 is 0 Å². The lowest BCUT2D eigenvalue weighted by Gasteiger charge is -2.34. The monoisotopic (exact) mass is 414 g/mol. The van der Waals surface area contributed by atoms with Crippen LogP contribution in [0.3, 0.4) is 0 Å². The molecule has 0 atom stereocenters. The van der Waals surface area contributed by atoms with Gasteiger partial charge < -0.3 is 5.73 Å². The molecule has 1 fully saturated rings. The SMILES string of the molecule is Cc1ccc(C(N)=O)cc1.c1ccc(CN(Cc2ccccc2)C2CCCCC2)cc1. The van der Waals surface area contributed by atoms with E-state index in [9.17, 15) is 4.79 Å². The molecule has 0 spiro atoms. The van der Waals surface area contributed by atoms with Gasteiger partial charge in [0.1, 0.15) is 0 Å². The van der Waals surface area contributed by atoms with E-state index in [4.69, 9.17) is 5.73 Å². The molecule has 3 nitrogen and oxygen atoms in total. The number of hydrogen-bond acceptors (Lipinski definition) is 2. The molecule has 31 heavy (non-hydrogen) atoms. The second kappa shape index (κ2) is 12.1. The lowest BCUT2D eigenvalue weighted by molar-refractivity contribution is 0.100. The van der Waals surface area contributed by atoms with E-state index in [1.807, 2.05) is 19.1 Å². The number of nitrogens with zero attached hydrogens (tertiary/aromatic N) is 1. The summed E-state index contributed by atoms with van der Waals surface area (Å²) in [6.45, 7) is 4.10. The van der Waals surface area contributed by atoms with Gasteiger partial charge in [-0.3, -0.25) is 9.69 Å². The Morgan fingerprint density at radius 2 is 1.26 bits per heavy atom. The molecule has 3 aromatic rings. The van der Waals surface area contributed by atoms with Crippen molar-refractivity contribution in [1.82, 2.24) is 4.90 Å². The standard InChI is InChI=1S/C20H25N.C8H9NO/c1-4-10-18(11-5-1)16-21(20-14-8-3-9-15-20)17-19-12-6-2-7-13-19;1-6-2-4-7(5-3-6)8(9)10/h1-2,4-7,10-13,20H,3,8-9,14-17H2;2-5H,1H3,(H2,9,10). The van der Waals surface area contributed by atoms with Gasteiger partial charge in [-0.15, -0.1) is 0 Å². The molecule has 0 radical (unpaired) electrons. The highest BCUT2D eigenvalue weighted by Gasteiger charge is 2.21. The van der Waals surface area contributed by atoms with Crippen molar-refractivity contribution in [3.8, 4) is 0 Å². The van der Waals surface area contributed by atoms with Gasteiger partial charge in [0.25, 0.3) is 0 Å². The Balaban J connectivity index is 0.000000229. The zero-order chi connectivity index (χ0) is 21.9. The average molecular weight is 415 g/mol. The number of aryl methyl sites for hydroxylation is 1. The summed E-state index contributed by atoms with van der Waals surface area (Å²) in [4.78, 5) is 13.2. The molecule has 3 aromatic carbocycles. The number of carbonyl (C=O) groups excluding carboxylic acids is 1. The number of amides is 1. The van der Waals surface area contributed by atoms with E-state index in [0.29, 0.717) is 5.56 Å². The second-order valence-corrected chi connectivity index (χ2v) is 8.40. The second-order valence-electron chi connectivity index (χ2n) is 8.40. The van der Waals surface area contributed by atoms with Gasteiger partial charge in [0.15, 0.2) is 0 Å². The normalized spacial score (nSPS) is 14.0. The fourth-order valence-electron chi connectivity index (χ4n) is 4.11. The van der Waals surface area contributed by atoms with Gasteiger partial charge in [0, 0.05) is 24.7 Å². The summed E-state index contributed by atoms with van der Waals surface area (Å²) < 4.78 is 0. The molecule has 1 aliphatic carbocycles. The van der Waals surface area contributed by atoms with E-state index in [0.717, 1.165) is 24.7 Å². The van der Waals surface area contributed by atoms with Crippen LogP contribution in [-0.2, 0) is 13.1 Å². The van der Waals surface area contributed by atoms with Gasteiger partial charge >= 0.3 is 0 Å². The first-order valence-corrected chi connectivity index (χ1v) is 11.3. The predicted molar refractivity (Wildman–Crippen MR) is 129 cm³/mol. The summed E-state index contributed by atoms with van der Waals surface area (Å²) in [5, 5.41) is 0. The van der Waals surface area contributed by atoms with E-state index in [1.165, 1.54) is 43.2 Å². The van der Waals surface area contributed by atoms with Crippen molar-refractivity contribution in [3.63, 3.8) is 0 Å². The molecule has 0 saturated heterocycles. The molecular weight excluding hydrogens is 380 g/mol. The maximum Gasteiger partial charge on any atom is 0.248 e. The predicted octanol–water partition coefficient (Wildman–Crippen LogP) is 6.12. The molecule has 4 rings (SSSR count). The van der Waals surface area contributed by atoms with E-state index in [2.05, 4.69) is 65.6 Å². The molecule has 162 valence electrons. The molecule has 0 aliphatic heterocycles. The van der Waals surface area contributed by atoms with Crippen molar-refractivity contribution in [3.05, 3.63) is 107 Å². The smallest absolute Gasteiger partial charge is 0.248 e. The van der Waals surface area contributed by atoms with Crippen molar-refractivity contribution >= 4 is 5.91 Å². The highest BCUT2D eigenvalue weighted by molar-refractivity contribution is 5.92. The van der Waals surface area contributed by atoms with Crippen LogP contribution in [0, 0.1) is 6.92 Å². The van der Waals surface area contributed by atoms with Crippen LogP contribution < -0.4 is 5.73 Å². The van der Waals surface area contributed by atoms with Crippen molar-refractivity contribution in [2.45, 2.75) is 58.2 Å². The first-order valence-electron chi connectivity index (χ1n) is 11.3. The number of nitrogens with two attached hydrogens (primary N) is 1. The number of rotatable bonds is 6. The summed E-state index contributed by atoms with van der Waals surface area (Å²) in [5.41, 5.74) is 9.57. The van der Waals surface area contributed by atoms with E-state index < -0.39 is 0 Å². The van der Waals surface area contributed by atoms with Crippen LogP contribution in [-0.4, -0.2) is 16.8 Å². The zero-order valence-corrected chi connectivity index (χ0v) is 18.5. The molecule has 3 heteroatoms. The quantitative estimate of drug-likeness (QED) is 0.528. The first kappa shape index (κ1) is 22.8. The van der Waals surface area contributed by atoms with Gasteiger partial charge in [-0.25, -0.2) is 0 Å². The Hall–Kier alpha value is -2.91. The van der Waals surface area contributed by atoms with Crippen LogP contribution in [0.4, 0.5) is 0 Å². The maximum atomic E-state index is 10.5. The molecule has 1 saturated carbocycles. The van der Waals surface area contributed by atoms with Crippen LogP contribution in [0.25, 0.3) is 0 Å². The minimum atomic E-state index is -0.375. The fraction of sp³-hybridized carbons (Fsp3) is 0.321. The Labute approximate surface area is 186 Å². The number of primary amides is 1. The summed E-state index contributed by atoms with van der Waals surface area (Å²) >= 11 is 0. The summed E-state index contributed by atoms with van der Waals surface area (Å²) in [6.07, 6.45) is 6.93. The van der Waals surface area contributed by atoms with Gasteiger partial charge in [-0.05, 0) is 43.0 Å². The summed E-state index contributed by atoms with van der Waals surface area (Å²) in [6, 6.07) is 29.7. The Bertz CT molecular complexity index is 859. The van der Waals surface area contributed by atoms with Gasteiger partial charge in [-0.2, -0.15) is 0 Å². The highest BCUT2D eigenvalue weighted by Crippen LogP contribution is 2.25. The lowest BCUT2D eigenvalue weighted by Crippen LogP contribution is -2.35. The van der Waals surface area contributed by atoms with E-state index >= 15 is 0 Å². The Morgan fingerprint density at radius 3 is 1.71 bits per heavy atom. The topological polar surface area (TPSA) is 46.3 Å². The number of benzene rings is 3. The number of carbonyl (C=O) groups is 1. The minimum absolute atomic E-state index is 0.375. The zero-order valence-electron chi connectivity index (χ0n) is 18.5. The third-order valence-electron chi connectivity index (χ3n) is 5.88. The van der Waals surface area contributed by atoms with Crippen molar-refractivity contribution in [2.24, 2.45) is 5.73 Å². The Morgan fingerprint density at radius 1 is 0.774 bits per heavy atom. The Kier molecular flexibility index (Phi) is 8.86. The average Bonchev–Trinajstić information content (AvgIpc) is 2.81. The van der Waals surface area contributed by atoms with Crippen LogP contribution in [0.2, 0.25) is 0 Å². The van der Waals surface area contributed by atoms with Crippen LogP contribution in [0.5, 0.6) is 0 Å². The van der Waals surface area contributed by atoms with Crippen LogP contribution in [0.1, 0.15) is 59.2 Å². The van der Waals surface area contributed by atoms with Crippen molar-refractivity contribution in [2.75, 3.05) is 0 Å². The fourth-order valence-corrected chi connectivity index (χ4v) is 4.11. The first-order chi connectivity index (χ1) is 15.1. The van der Waals surface area contributed by atoms with Crippen molar-refractivity contribution in [1.29, 1.82) is 0 Å². The third kappa shape index (κ3) is 7.69. The van der Waals surface area contributed by atoms with Crippen molar-refractivity contribution < 1.29 is 4.79 Å². The molecule has 2 N–H and O–H groups in total. The van der Waals surface area contributed by atoms with Gasteiger partial charge in [0.2, 0.25) is 5.91 Å². The van der Waals surface area contributed by atoms with E-state index in [-0.39, 0.29) is 5.91 Å². The third-order valence-corrected chi connectivity index (χ3v) is 5.88. The minimum Gasteiger partial charge on any atom is -0.366 e.